The number of imide groups is 1. The molecule has 0 saturated carbocycles. The lowest BCUT2D eigenvalue weighted by molar-refractivity contribution is -0.122. The third kappa shape index (κ3) is 4.10. The first kappa shape index (κ1) is 20.1. The standard InChI is InChI=1S/C21H22N2O4S/c1-14-8-9-17(12-15(14)2)23-20(26)18(28-21(23)27)13-19(25)22(10-11-24)16-6-4-3-5-7-16/h3-9,12,18,24H,10-11,13H2,1-2H3. The molecule has 0 spiro atoms. The quantitative estimate of drug-likeness (QED) is 0.808. The molecule has 6 nitrogen and oxygen atoms in total. The molecule has 1 saturated heterocycles. The van der Waals surface area contributed by atoms with Crippen LogP contribution in [0.4, 0.5) is 16.2 Å². The molecule has 1 unspecified atom stereocenters. The van der Waals surface area contributed by atoms with Gasteiger partial charge in [-0.05, 0) is 61.0 Å². The van der Waals surface area contributed by atoms with Crippen LogP contribution in [-0.4, -0.2) is 40.6 Å². The number of para-hydroxylation sites is 1. The number of hydrogen-bond donors (Lipinski definition) is 1. The first-order chi connectivity index (χ1) is 13.4. The maximum Gasteiger partial charge on any atom is 0.293 e. The number of thioether (sulfide) groups is 1. The molecule has 2 aromatic carbocycles. The Labute approximate surface area is 168 Å². The Hall–Kier alpha value is -2.64. The van der Waals surface area contributed by atoms with Gasteiger partial charge in [0.2, 0.25) is 11.8 Å². The van der Waals surface area contributed by atoms with Gasteiger partial charge >= 0.3 is 0 Å². The van der Waals surface area contributed by atoms with Crippen LogP contribution in [0.5, 0.6) is 0 Å². The number of hydrogen-bond acceptors (Lipinski definition) is 5. The van der Waals surface area contributed by atoms with Crippen molar-refractivity contribution in [2.75, 3.05) is 23.0 Å². The van der Waals surface area contributed by atoms with Crippen LogP contribution >= 0.6 is 11.8 Å². The maximum absolute atomic E-state index is 12.8. The van der Waals surface area contributed by atoms with Crippen molar-refractivity contribution in [2.45, 2.75) is 25.5 Å². The summed E-state index contributed by atoms with van der Waals surface area (Å²) in [5.74, 6) is -0.690. The third-order valence-electron chi connectivity index (χ3n) is 4.72. The summed E-state index contributed by atoms with van der Waals surface area (Å²) in [7, 11) is 0. The Kier molecular flexibility index (Phi) is 6.16. The van der Waals surface area contributed by atoms with E-state index in [9.17, 15) is 19.5 Å². The van der Waals surface area contributed by atoms with Crippen LogP contribution in [0.3, 0.4) is 0 Å². The Morgan fingerprint density at radius 1 is 1.11 bits per heavy atom. The van der Waals surface area contributed by atoms with E-state index in [-0.39, 0.29) is 36.6 Å². The number of amides is 3. The van der Waals surface area contributed by atoms with Gasteiger partial charge in [0.1, 0.15) is 5.25 Å². The van der Waals surface area contributed by atoms with Crippen molar-refractivity contribution < 1.29 is 19.5 Å². The van der Waals surface area contributed by atoms with E-state index in [4.69, 9.17) is 0 Å². The van der Waals surface area contributed by atoms with Gasteiger partial charge in [0.15, 0.2) is 0 Å². The molecular formula is C21H22N2O4S. The minimum Gasteiger partial charge on any atom is -0.395 e. The van der Waals surface area contributed by atoms with Gasteiger partial charge in [0.05, 0.1) is 12.3 Å². The van der Waals surface area contributed by atoms with Gasteiger partial charge in [0, 0.05) is 18.7 Å². The van der Waals surface area contributed by atoms with Crippen molar-refractivity contribution >= 4 is 40.2 Å². The third-order valence-corrected chi connectivity index (χ3v) is 5.76. The van der Waals surface area contributed by atoms with E-state index in [1.165, 1.54) is 4.90 Å². The minimum atomic E-state index is -0.772. The number of aliphatic hydroxyl groups is 1. The van der Waals surface area contributed by atoms with Gasteiger partial charge in [-0.2, -0.15) is 0 Å². The zero-order valence-electron chi connectivity index (χ0n) is 15.8. The molecule has 1 aliphatic rings. The molecule has 3 rings (SSSR count). The lowest BCUT2D eigenvalue weighted by Crippen LogP contribution is -2.38. The van der Waals surface area contributed by atoms with Crippen molar-refractivity contribution in [3.05, 3.63) is 59.7 Å². The van der Waals surface area contributed by atoms with Crippen LogP contribution in [0.1, 0.15) is 17.5 Å². The minimum absolute atomic E-state index is 0.106. The number of carbonyl (C=O) groups is 3. The topological polar surface area (TPSA) is 77.9 Å². The van der Waals surface area contributed by atoms with Gasteiger partial charge in [0.25, 0.3) is 5.24 Å². The molecular weight excluding hydrogens is 376 g/mol. The van der Waals surface area contributed by atoms with E-state index in [0.717, 1.165) is 27.8 Å². The Balaban J connectivity index is 1.77. The zero-order valence-corrected chi connectivity index (χ0v) is 16.6. The van der Waals surface area contributed by atoms with Crippen LogP contribution in [-0.2, 0) is 9.59 Å². The average molecular weight is 398 g/mol. The Bertz CT molecular complexity index is 901. The summed E-state index contributed by atoms with van der Waals surface area (Å²) in [6.07, 6.45) is -0.106. The molecule has 0 aliphatic carbocycles. The molecule has 1 heterocycles. The van der Waals surface area contributed by atoms with Crippen LogP contribution < -0.4 is 9.80 Å². The Morgan fingerprint density at radius 2 is 1.82 bits per heavy atom. The Morgan fingerprint density at radius 3 is 2.46 bits per heavy atom. The average Bonchev–Trinajstić information content (AvgIpc) is 2.96. The summed E-state index contributed by atoms with van der Waals surface area (Å²) in [6.45, 7) is 3.82. The van der Waals surface area contributed by atoms with E-state index >= 15 is 0 Å². The summed E-state index contributed by atoms with van der Waals surface area (Å²) in [5, 5.41) is 8.17. The summed E-state index contributed by atoms with van der Waals surface area (Å²) >= 11 is 0.873. The fraction of sp³-hybridized carbons (Fsp3) is 0.286. The lowest BCUT2D eigenvalue weighted by atomic mass is 10.1. The maximum atomic E-state index is 12.8. The highest BCUT2D eigenvalue weighted by atomic mass is 32.2. The molecule has 0 bridgehead atoms. The lowest BCUT2D eigenvalue weighted by Gasteiger charge is -2.23. The smallest absolute Gasteiger partial charge is 0.293 e. The van der Waals surface area contributed by atoms with Gasteiger partial charge in [-0.1, -0.05) is 24.3 Å². The van der Waals surface area contributed by atoms with Gasteiger partial charge in [-0.25, -0.2) is 4.90 Å². The molecule has 1 fully saturated rings. The molecule has 28 heavy (non-hydrogen) atoms. The number of benzene rings is 2. The van der Waals surface area contributed by atoms with Crippen molar-refractivity contribution in [1.29, 1.82) is 0 Å². The van der Waals surface area contributed by atoms with Gasteiger partial charge in [-0.15, -0.1) is 0 Å². The van der Waals surface area contributed by atoms with Crippen LogP contribution in [0.2, 0.25) is 0 Å². The number of anilines is 2. The molecule has 7 heteroatoms. The van der Waals surface area contributed by atoms with E-state index in [2.05, 4.69) is 0 Å². The van der Waals surface area contributed by atoms with Crippen LogP contribution in [0, 0.1) is 13.8 Å². The fourth-order valence-corrected chi connectivity index (χ4v) is 4.04. The predicted molar refractivity (Wildman–Crippen MR) is 111 cm³/mol. The molecule has 1 N–H and O–H groups in total. The number of aryl methyl sites for hydroxylation is 2. The second kappa shape index (κ2) is 8.58. The molecule has 2 aromatic rings. The number of nitrogens with zero attached hydrogens (tertiary/aromatic N) is 2. The molecule has 0 aromatic heterocycles. The summed E-state index contributed by atoms with van der Waals surface area (Å²) in [4.78, 5) is 40.7. The van der Waals surface area contributed by atoms with Crippen LogP contribution in [0.15, 0.2) is 48.5 Å². The monoisotopic (exact) mass is 398 g/mol. The fourth-order valence-electron chi connectivity index (χ4n) is 3.06. The van der Waals surface area contributed by atoms with E-state index in [1.807, 2.05) is 26.0 Å². The van der Waals surface area contributed by atoms with E-state index in [1.54, 1.807) is 36.4 Å². The molecule has 0 radical (unpaired) electrons. The first-order valence-corrected chi connectivity index (χ1v) is 9.88. The number of carbonyl (C=O) groups excluding carboxylic acids is 3. The van der Waals surface area contributed by atoms with E-state index < -0.39 is 5.25 Å². The zero-order chi connectivity index (χ0) is 20.3. The molecule has 3 amide bonds. The van der Waals surface area contributed by atoms with Crippen molar-refractivity contribution in [2.24, 2.45) is 0 Å². The van der Waals surface area contributed by atoms with Gasteiger partial charge < -0.3 is 10.0 Å². The predicted octanol–water partition coefficient (Wildman–Crippen LogP) is 3.29. The highest BCUT2D eigenvalue weighted by Gasteiger charge is 2.42. The summed E-state index contributed by atoms with van der Waals surface area (Å²) in [6, 6.07) is 14.4. The molecule has 146 valence electrons. The van der Waals surface area contributed by atoms with E-state index in [0.29, 0.717) is 11.4 Å². The normalized spacial score (nSPS) is 16.5. The highest BCUT2D eigenvalue weighted by molar-refractivity contribution is 8.15. The SMILES string of the molecule is Cc1ccc(N2C(=O)SC(CC(=O)N(CCO)c3ccccc3)C2=O)cc1C. The van der Waals surface area contributed by atoms with Crippen molar-refractivity contribution in [3.63, 3.8) is 0 Å². The first-order valence-electron chi connectivity index (χ1n) is 9.00. The largest absolute Gasteiger partial charge is 0.395 e. The second-order valence-electron chi connectivity index (χ2n) is 6.62. The van der Waals surface area contributed by atoms with Crippen molar-refractivity contribution in [3.8, 4) is 0 Å². The summed E-state index contributed by atoms with van der Waals surface area (Å²) in [5.41, 5.74) is 3.23. The number of aliphatic hydroxyl groups excluding tert-OH is 1. The number of rotatable bonds is 6. The molecule has 1 atom stereocenters. The molecule has 1 aliphatic heterocycles. The van der Waals surface area contributed by atoms with Crippen molar-refractivity contribution in [1.82, 2.24) is 0 Å². The second-order valence-corrected chi connectivity index (χ2v) is 7.78. The van der Waals surface area contributed by atoms with Gasteiger partial charge in [-0.3, -0.25) is 14.4 Å². The summed E-state index contributed by atoms with van der Waals surface area (Å²) < 4.78 is 0. The van der Waals surface area contributed by atoms with Crippen LogP contribution in [0.25, 0.3) is 0 Å². The highest BCUT2D eigenvalue weighted by Crippen LogP contribution is 2.34.